The molecule has 27 heavy (non-hydrogen) atoms. The number of methoxy groups -OCH3 is 1. The molecule has 1 heterocycles. The lowest BCUT2D eigenvalue weighted by Gasteiger charge is -2.23. The number of nitrogens with one attached hydrogen (secondary N) is 2. The van der Waals surface area contributed by atoms with Crippen molar-refractivity contribution in [1.29, 1.82) is 0 Å². The second-order valence-electron chi connectivity index (χ2n) is 6.56. The third-order valence-electron chi connectivity index (χ3n) is 4.78. The summed E-state index contributed by atoms with van der Waals surface area (Å²) in [7, 11) is 1.31. The number of esters is 1. The van der Waals surface area contributed by atoms with Gasteiger partial charge in [0.25, 0.3) is 0 Å². The van der Waals surface area contributed by atoms with Gasteiger partial charge in [-0.15, -0.1) is 0 Å². The van der Waals surface area contributed by atoms with Crippen molar-refractivity contribution in [3.63, 3.8) is 0 Å². The summed E-state index contributed by atoms with van der Waals surface area (Å²) in [6.07, 6.45) is 1.66. The molecule has 4 rings (SSSR count). The van der Waals surface area contributed by atoms with Gasteiger partial charge in [0.1, 0.15) is 13.2 Å². The molecule has 140 valence electrons. The number of fused-ring (bicyclic) bond motifs is 1. The smallest absolute Gasteiger partial charge is 0.339 e. The first-order valence-electron chi connectivity index (χ1n) is 8.78. The predicted molar refractivity (Wildman–Crippen MR) is 98.3 cm³/mol. The van der Waals surface area contributed by atoms with Gasteiger partial charge in [-0.3, -0.25) is 0 Å². The van der Waals surface area contributed by atoms with Crippen molar-refractivity contribution in [2.75, 3.05) is 25.6 Å². The normalized spacial score (nSPS) is 16.2. The van der Waals surface area contributed by atoms with Crippen LogP contribution < -0.4 is 20.1 Å². The fourth-order valence-corrected chi connectivity index (χ4v) is 3.20. The van der Waals surface area contributed by atoms with E-state index in [1.54, 1.807) is 24.3 Å². The van der Waals surface area contributed by atoms with Gasteiger partial charge in [0.05, 0.1) is 23.9 Å². The van der Waals surface area contributed by atoms with E-state index in [9.17, 15) is 9.59 Å². The number of amides is 2. The summed E-state index contributed by atoms with van der Waals surface area (Å²) in [4.78, 5) is 24.4. The van der Waals surface area contributed by atoms with Gasteiger partial charge in [-0.2, -0.15) is 0 Å². The van der Waals surface area contributed by atoms with Crippen molar-refractivity contribution in [3.8, 4) is 11.5 Å². The highest BCUT2D eigenvalue weighted by atomic mass is 16.6. The number of ether oxygens (including phenoxy) is 3. The lowest BCUT2D eigenvalue weighted by molar-refractivity contribution is 0.0602. The second-order valence-corrected chi connectivity index (χ2v) is 6.56. The summed E-state index contributed by atoms with van der Waals surface area (Å²) in [5.74, 6) is 0.916. The molecule has 0 unspecified atom stereocenters. The molecule has 2 aromatic carbocycles. The van der Waals surface area contributed by atoms with E-state index in [0.29, 0.717) is 30.2 Å². The molecule has 2 N–H and O–H groups in total. The molecule has 0 spiro atoms. The largest absolute Gasteiger partial charge is 0.486 e. The third kappa shape index (κ3) is 3.40. The van der Waals surface area contributed by atoms with Gasteiger partial charge >= 0.3 is 12.0 Å². The Hall–Kier alpha value is -3.22. The zero-order valence-electron chi connectivity index (χ0n) is 14.9. The van der Waals surface area contributed by atoms with Crippen molar-refractivity contribution in [2.24, 2.45) is 0 Å². The van der Waals surface area contributed by atoms with Crippen molar-refractivity contribution in [3.05, 3.63) is 53.6 Å². The summed E-state index contributed by atoms with van der Waals surface area (Å²) in [5, 5.41) is 5.77. The summed E-state index contributed by atoms with van der Waals surface area (Å²) >= 11 is 0. The maximum Gasteiger partial charge on any atom is 0.339 e. The number of carbonyl (C=O) groups excluding carboxylic acids is 2. The molecule has 2 aliphatic rings. The zero-order valence-corrected chi connectivity index (χ0v) is 14.9. The number of rotatable bonds is 4. The van der Waals surface area contributed by atoms with Crippen LogP contribution in [0.1, 0.15) is 28.8 Å². The minimum Gasteiger partial charge on any atom is -0.486 e. The first-order chi connectivity index (χ1) is 13.1. The molecular formula is C20H20N2O5. The topological polar surface area (TPSA) is 85.9 Å². The molecule has 2 aromatic rings. The van der Waals surface area contributed by atoms with Crippen LogP contribution in [0.4, 0.5) is 10.5 Å². The summed E-state index contributed by atoms with van der Waals surface area (Å²) in [6, 6.07) is 12.1. The van der Waals surface area contributed by atoms with Gasteiger partial charge in [0.2, 0.25) is 0 Å². The Morgan fingerprint density at radius 1 is 1.04 bits per heavy atom. The van der Waals surface area contributed by atoms with E-state index in [2.05, 4.69) is 10.6 Å². The Bertz CT molecular complexity index is 892. The molecule has 2 amide bonds. The Morgan fingerprint density at radius 3 is 2.52 bits per heavy atom. The third-order valence-corrected chi connectivity index (χ3v) is 4.78. The minimum atomic E-state index is -0.501. The van der Waals surface area contributed by atoms with E-state index >= 15 is 0 Å². The highest BCUT2D eigenvalue weighted by Gasteiger charge is 2.46. The summed E-state index contributed by atoms with van der Waals surface area (Å²) < 4.78 is 15.9. The van der Waals surface area contributed by atoms with Gasteiger partial charge in [0, 0.05) is 0 Å². The first kappa shape index (κ1) is 17.2. The monoisotopic (exact) mass is 368 g/mol. The fraction of sp³-hybridized carbons (Fsp3) is 0.300. The molecule has 0 bridgehead atoms. The average Bonchev–Trinajstić information content (AvgIpc) is 3.48. The van der Waals surface area contributed by atoms with Crippen LogP contribution in [-0.4, -0.2) is 32.3 Å². The molecule has 1 saturated carbocycles. The van der Waals surface area contributed by atoms with E-state index in [-0.39, 0.29) is 6.03 Å². The maximum absolute atomic E-state index is 12.6. The Morgan fingerprint density at radius 2 is 1.78 bits per heavy atom. The van der Waals surface area contributed by atoms with Crippen LogP contribution in [0.2, 0.25) is 0 Å². The predicted octanol–water partition coefficient (Wildman–Crippen LogP) is 3.06. The molecule has 0 aromatic heterocycles. The number of para-hydroxylation sites is 1. The van der Waals surface area contributed by atoms with Gasteiger partial charge in [-0.25, -0.2) is 9.59 Å². The van der Waals surface area contributed by atoms with Crippen LogP contribution in [0.25, 0.3) is 0 Å². The van der Waals surface area contributed by atoms with Gasteiger partial charge in [-0.05, 0) is 42.7 Å². The highest BCUT2D eigenvalue weighted by Crippen LogP contribution is 2.47. The standard InChI is InChI=1S/C20H20N2O5/c1-25-18(23)14-4-2-3-5-15(14)21-19(24)22-20(8-9-20)13-6-7-16-17(12-13)27-11-10-26-16/h2-7,12H,8-11H2,1H3,(H2,21,22,24). The Labute approximate surface area is 156 Å². The first-order valence-corrected chi connectivity index (χ1v) is 8.78. The van der Waals surface area contributed by atoms with Crippen molar-refractivity contribution >= 4 is 17.7 Å². The van der Waals surface area contributed by atoms with E-state index in [1.165, 1.54) is 7.11 Å². The maximum atomic E-state index is 12.6. The quantitative estimate of drug-likeness (QED) is 0.810. The van der Waals surface area contributed by atoms with Crippen molar-refractivity contribution in [2.45, 2.75) is 18.4 Å². The number of carbonyl (C=O) groups is 2. The fourth-order valence-electron chi connectivity index (χ4n) is 3.20. The Kier molecular flexibility index (Phi) is 4.35. The van der Waals surface area contributed by atoms with Crippen LogP contribution in [-0.2, 0) is 10.3 Å². The van der Waals surface area contributed by atoms with Crippen LogP contribution >= 0.6 is 0 Å². The van der Waals surface area contributed by atoms with Crippen molar-refractivity contribution in [1.82, 2.24) is 5.32 Å². The van der Waals surface area contributed by atoms with E-state index in [1.807, 2.05) is 18.2 Å². The molecule has 1 aliphatic carbocycles. The van der Waals surface area contributed by atoms with Crippen LogP contribution in [0.3, 0.4) is 0 Å². The molecule has 1 fully saturated rings. The van der Waals surface area contributed by atoms with Crippen LogP contribution in [0.5, 0.6) is 11.5 Å². The van der Waals surface area contributed by atoms with Crippen LogP contribution in [0, 0.1) is 0 Å². The average molecular weight is 368 g/mol. The lowest BCUT2D eigenvalue weighted by Crippen LogP contribution is -2.38. The molecule has 0 saturated heterocycles. The highest BCUT2D eigenvalue weighted by molar-refractivity contribution is 6.01. The zero-order chi connectivity index (χ0) is 18.9. The molecule has 1 aliphatic heterocycles. The minimum absolute atomic E-state index is 0.305. The lowest BCUT2D eigenvalue weighted by atomic mass is 10.0. The number of hydrogen-bond donors (Lipinski definition) is 2. The number of benzene rings is 2. The summed E-state index contributed by atoms with van der Waals surface area (Å²) in [5.41, 5.74) is 1.25. The second kappa shape index (κ2) is 6.83. The van der Waals surface area contributed by atoms with E-state index in [4.69, 9.17) is 14.2 Å². The molecule has 0 radical (unpaired) electrons. The summed E-state index contributed by atoms with van der Waals surface area (Å²) in [6.45, 7) is 1.05. The molecule has 0 atom stereocenters. The number of anilines is 1. The molecular weight excluding hydrogens is 348 g/mol. The number of urea groups is 1. The molecule has 7 heteroatoms. The van der Waals surface area contributed by atoms with Gasteiger partial charge in [-0.1, -0.05) is 18.2 Å². The Balaban J connectivity index is 1.50. The van der Waals surface area contributed by atoms with Crippen LogP contribution in [0.15, 0.2) is 42.5 Å². The van der Waals surface area contributed by atoms with Gasteiger partial charge < -0.3 is 24.8 Å². The van der Waals surface area contributed by atoms with Crippen molar-refractivity contribution < 1.29 is 23.8 Å². The molecule has 7 nitrogen and oxygen atoms in total. The van der Waals surface area contributed by atoms with E-state index in [0.717, 1.165) is 24.2 Å². The van der Waals surface area contributed by atoms with Gasteiger partial charge in [0.15, 0.2) is 11.5 Å². The number of hydrogen-bond acceptors (Lipinski definition) is 5. The SMILES string of the molecule is COC(=O)c1ccccc1NC(=O)NC1(c2ccc3c(c2)OCCO3)CC1. The van der Waals surface area contributed by atoms with E-state index < -0.39 is 11.5 Å².